The number of hydrogen-bond acceptors (Lipinski definition) is 4. The van der Waals surface area contributed by atoms with Crippen LogP contribution in [0.4, 0.5) is 0 Å². The summed E-state index contributed by atoms with van der Waals surface area (Å²) in [5.74, 6) is -0.0879. The molecule has 1 fully saturated rings. The predicted octanol–water partition coefficient (Wildman–Crippen LogP) is 1.72. The molecule has 1 aliphatic rings. The minimum Gasteiger partial charge on any atom is -0.342 e. The van der Waals surface area contributed by atoms with Crippen molar-refractivity contribution in [2.24, 2.45) is 0 Å². The lowest BCUT2D eigenvalue weighted by atomic mass is 9.96. The molecule has 5 nitrogen and oxygen atoms in total. The Morgan fingerprint density at radius 2 is 2.32 bits per heavy atom. The van der Waals surface area contributed by atoms with Crippen LogP contribution < -0.4 is 5.32 Å². The molecular formula is C13H19N3O2S. The average Bonchev–Trinajstić information content (AvgIpc) is 2.88. The second-order valence-electron chi connectivity index (χ2n) is 5.03. The number of thiazole rings is 1. The van der Waals surface area contributed by atoms with E-state index in [1.807, 2.05) is 19.2 Å². The molecule has 1 aliphatic heterocycles. The minimum atomic E-state index is -0.806. The van der Waals surface area contributed by atoms with Gasteiger partial charge in [0.2, 0.25) is 11.8 Å². The first-order valence-corrected chi connectivity index (χ1v) is 7.37. The van der Waals surface area contributed by atoms with Gasteiger partial charge in [-0.3, -0.25) is 9.59 Å². The van der Waals surface area contributed by atoms with E-state index in [4.69, 9.17) is 0 Å². The first-order chi connectivity index (χ1) is 8.98. The third-order valence-corrected chi connectivity index (χ3v) is 4.66. The normalized spacial score (nSPS) is 25.9. The molecule has 2 rings (SSSR count). The highest BCUT2D eigenvalue weighted by Crippen LogP contribution is 2.27. The summed E-state index contributed by atoms with van der Waals surface area (Å²) in [6.45, 7) is 6.11. The molecule has 0 aromatic carbocycles. The molecule has 1 N–H and O–H groups in total. The molecule has 2 atom stereocenters. The maximum absolute atomic E-state index is 12.7. The molecule has 1 saturated heterocycles. The second kappa shape index (κ2) is 5.28. The molecule has 6 heteroatoms. The molecule has 1 aromatic heterocycles. The van der Waals surface area contributed by atoms with Crippen LogP contribution in [0.2, 0.25) is 0 Å². The van der Waals surface area contributed by atoms with E-state index in [0.717, 1.165) is 5.01 Å². The number of aromatic nitrogens is 1. The Hall–Kier alpha value is -1.43. The maximum Gasteiger partial charge on any atom is 0.248 e. The third kappa shape index (κ3) is 2.63. The van der Waals surface area contributed by atoms with E-state index in [1.165, 1.54) is 11.3 Å². The van der Waals surface area contributed by atoms with Crippen molar-refractivity contribution in [3.05, 3.63) is 16.6 Å². The molecular weight excluding hydrogens is 262 g/mol. The van der Waals surface area contributed by atoms with Crippen molar-refractivity contribution in [3.63, 3.8) is 0 Å². The van der Waals surface area contributed by atoms with Gasteiger partial charge in [0.15, 0.2) is 0 Å². The Kier molecular flexibility index (Phi) is 3.89. The number of carbonyl (C=O) groups excluding carboxylic acids is 2. The summed E-state index contributed by atoms with van der Waals surface area (Å²) in [4.78, 5) is 30.5. The zero-order valence-corrected chi connectivity index (χ0v) is 12.3. The Bertz CT molecular complexity index is 474. The van der Waals surface area contributed by atoms with Crippen molar-refractivity contribution in [2.75, 3.05) is 6.54 Å². The van der Waals surface area contributed by atoms with Crippen molar-refractivity contribution in [3.8, 4) is 0 Å². The van der Waals surface area contributed by atoms with Crippen molar-refractivity contribution < 1.29 is 9.59 Å². The second-order valence-corrected chi connectivity index (χ2v) is 5.95. The van der Waals surface area contributed by atoms with E-state index in [0.29, 0.717) is 19.4 Å². The molecule has 0 radical (unpaired) electrons. The number of nitrogens with zero attached hydrogens (tertiary/aromatic N) is 2. The van der Waals surface area contributed by atoms with Crippen molar-refractivity contribution in [1.82, 2.24) is 15.2 Å². The average molecular weight is 281 g/mol. The Morgan fingerprint density at radius 1 is 1.58 bits per heavy atom. The highest BCUT2D eigenvalue weighted by Gasteiger charge is 2.41. The molecule has 0 aliphatic carbocycles. The van der Waals surface area contributed by atoms with Crippen LogP contribution in [0, 0.1) is 0 Å². The summed E-state index contributed by atoms with van der Waals surface area (Å²) < 4.78 is 0. The van der Waals surface area contributed by atoms with Crippen LogP contribution in [-0.4, -0.2) is 33.8 Å². The molecule has 2 heterocycles. The smallest absolute Gasteiger partial charge is 0.248 e. The lowest BCUT2D eigenvalue weighted by molar-refractivity contribution is -0.140. The van der Waals surface area contributed by atoms with E-state index >= 15 is 0 Å². The van der Waals surface area contributed by atoms with Crippen LogP contribution in [0.15, 0.2) is 11.6 Å². The van der Waals surface area contributed by atoms with Crippen molar-refractivity contribution in [1.29, 1.82) is 0 Å². The molecule has 2 amide bonds. The fraction of sp³-hybridized carbons (Fsp3) is 0.615. The summed E-state index contributed by atoms with van der Waals surface area (Å²) >= 11 is 1.53. The van der Waals surface area contributed by atoms with Gasteiger partial charge in [-0.15, -0.1) is 11.3 Å². The van der Waals surface area contributed by atoms with Crippen LogP contribution in [0.1, 0.15) is 44.7 Å². The first kappa shape index (κ1) is 14.0. The molecule has 0 saturated carbocycles. The van der Waals surface area contributed by atoms with E-state index in [-0.39, 0.29) is 17.9 Å². The predicted molar refractivity (Wildman–Crippen MR) is 73.7 cm³/mol. The molecule has 19 heavy (non-hydrogen) atoms. The molecule has 104 valence electrons. The van der Waals surface area contributed by atoms with Crippen molar-refractivity contribution >= 4 is 23.2 Å². The van der Waals surface area contributed by atoms with Gasteiger partial charge in [-0.2, -0.15) is 0 Å². The van der Waals surface area contributed by atoms with Gasteiger partial charge in [-0.05, 0) is 20.3 Å². The Balaban J connectivity index is 2.29. The fourth-order valence-electron chi connectivity index (χ4n) is 2.25. The monoisotopic (exact) mass is 281 g/mol. The van der Waals surface area contributed by atoms with E-state index < -0.39 is 5.54 Å². The van der Waals surface area contributed by atoms with Gasteiger partial charge >= 0.3 is 0 Å². The van der Waals surface area contributed by atoms with E-state index in [1.54, 1.807) is 18.0 Å². The Labute approximate surface area is 117 Å². The van der Waals surface area contributed by atoms with Crippen LogP contribution >= 0.6 is 11.3 Å². The van der Waals surface area contributed by atoms with Gasteiger partial charge in [0.1, 0.15) is 10.5 Å². The lowest BCUT2D eigenvalue weighted by Crippen LogP contribution is -2.55. The summed E-state index contributed by atoms with van der Waals surface area (Å²) in [6.07, 6.45) is 2.66. The molecule has 1 aromatic rings. The number of carbonyl (C=O) groups is 2. The van der Waals surface area contributed by atoms with Gasteiger partial charge < -0.3 is 10.2 Å². The highest BCUT2D eigenvalue weighted by molar-refractivity contribution is 7.09. The maximum atomic E-state index is 12.7. The zero-order chi connectivity index (χ0) is 14.0. The fourth-order valence-corrected chi connectivity index (χ4v) is 2.95. The minimum absolute atomic E-state index is 0.0245. The molecule has 0 spiro atoms. The van der Waals surface area contributed by atoms with Gasteiger partial charge in [0, 0.05) is 24.5 Å². The van der Waals surface area contributed by atoms with Gasteiger partial charge in [-0.25, -0.2) is 4.98 Å². The topological polar surface area (TPSA) is 62.3 Å². The number of nitrogens with one attached hydrogen (secondary N) is 1. The van der Waals surface area contributed by atoms with Crippen LogP contribution in [0.5, 0.6) is 0 Å². The Morgan fingerprint density at radius 3 is 2.89 bits per heavy atom. The number of rotatable bonds is 3. The van der Waals surface area contributed by atoms with Gasteiger partial charge in [0.05, 0.1) is 6.04 Å². The van der Waals surface area contributed by atoms with Crippen molar-refractivity contribution in [2.45, 2.75) is 45.2 Å². The quantitative estimate of drug-likeness (QED) is 0.917. The summed E-state index contributed by atoms with van der Waals surface area (Å²) in [7, 11) is 0. The number of hydrogen-bond donors (Lipinski definition) is 1. The summed E-state index contributed by atoms with van der Waals surface area (Å²) in [6, 6.07) is -0.0916. The summed E-state index contributed by atoms with van der Waals surface area (Å²) in [5.41, 5.74) is -0.806. The van der Waals surface area contributed by atoms with Crippen LogP contribution in [0.25, 0.3) is 0 Å². The first-order valence-electron chi connectivity index (χ1n) is 6.49. The van der Waals surface area contributed by atoms with E-state index in [9.17, 15) is 9.59 Å². The summed E-state index contributed by atoms with van der Waals surface area (Å²) in [5, 5.41) is 5.64. The van der Waals surface area contributed by atoms with Gasteiger partial charge in [0.25, 0.3) is 0 Å². The SMILES string of the molecule is CCC1(C)NC(=O)CCN(C(C)c2nccs2)C1=O. The largest absolute Gasteiger partial charge is 0.342 e. The number of amides is 2. The van der Waals surface area contributed by atoms with Gasteiger partial charge in [-0.1, -0.05) is 6.92 Å². The van der Waals surface area contributed by atoms with Crippen LogP contribution in [0.3, 0.4) is 0 Å². The third-order valence-electron chi connectivity index (χ3n) is 3.71. The highest BCUT2D eigenvalue weighted by atomic mass is 32.1. The molecule has 2 unspecified atom stereocenters. The van der Waals surface area contributed by atoms with E-state index in [2.05, 4.69) is 10.3 Å². The zero-order valence-electron chi connectivity index (χ0n) is 11.5. The van der Waals surface area contributed by atoms with Crippen LogP contribution in [-0.2, 0) is 9.59 Å². The lowest BCUT2D eigenvalue weighted by Gasteiger charge is -2.34. The molecule has 0 bridgehead atoms. The standard InChI is InChI=1S/C13H19N3O2S/c1-4-13(3)12(18)16(7-5-10(17)15-13)9(2)11-14-6-8-19-11/h6,8-9H,4-5,7H2,1-3H3,(H,15,17).